The van der Waals surface area contributed by atoms with E-state index in [1.807, 2.05) is 0 Å². The van der Waals surface area contributed by atoms with Gasteiger partial charge >= 0.3 is 6.18 Å². The minimum atomic E-state index is -4.52. The van der Waals surface area contributed by atoms with Crippen molar-refractivity contribution in [2.75, 3.05) is 10.6 Å². The number of carbonyl (C=O) groups is 1. The summed E-state index contributed by atoms with van der Waals surface area (Å²) < 4.78 is 60.7. The van der Waals surface area contributed by atoms with Crippen LogP contribution >= 0.6 is 0 Å². The van der Waals surface area contributed by atoms with E-state index in [2.05, 4.69) is 25.6 Å². The highest BCUT2D eigenvalue weighted by Crippen LogP contribution is 2.33. The van der Waals surface area contributed by atoms with Crippen LogP contribution in [0.25, 0.3) is 11.3 Å². The summed E-state index contributed by atoms with van der Waals surface area (Å²) in [4.78, 5) is 23.7. The highest BCUT2D eigenvalue weighted by Gasteiger charge is 2.30. The third-order valence-electron chi connectivity index (χ3n) is 4.13. The third kappa shape index (κ3) is 6.08. The maximum atomic E-state index is 12.9. The minimum absolute atomic E-state index is 0.198. The van der Waals surface area contributed by atoms with E-state index >= 15 is 0 Å². The average molecular weight is 464 g/mol. The van der Waals surface area contributed by atoms with E-state index in [-0.39, 0.29) is 23.2 Å². The van der Waals surface area contributed by atoms with Crippen molar-refractivity contribution in [3.05, 3.63) is 59.5 Å². The molecule has 0 aliphatic heterocycles. The molecule has 1 atom stereocenters. The lowest BCUT2D eigenvalue weighted by Gasteiger charge is -2.15. The summed E-state index contributed by atoms with van der Waals surface area (Å²) in [6.45, 7) is 3.06. The number of alkyl halides is 3. The van der Waals surface area contributed by atoms with Crippen LogP contribution in [0.15, 0.2) is 42.7 Å². The van der Waals surface area contributed by atoms with E-state index in [1.54, 1.807) is 19.1 Å². The summed E-state index contributed by atoms with van der Waals surface area (Å²) >= 11 is -2.33. The number of rotatable bonds is 6. The predicted octanol–water partition coefficient (Wildman–Crippen LogP) is 3.95. The molecular weight excluding hydrogens is 447 g/mol. The lowest BCUT2D eigenvalue weighted by atomic mass is 10.1. The van der Waals surface area contributed by atoms with E-state index in [0.717, 1.165) is 11.6 Å². The Morgan fingerprint density at radius 1 is 1.12 bits per heavy atom. The molecule has 32 heavy (non-hydrogen) atoms. The van der Waals surface area contributed by atoms with Crippen molar-refractivity contribution in [1.29, 1.82) is 0 Å². The molecule has 12 heteroatoms. The van der Waals surface area contributed by atoms with Crippen LogP contribution in [-0.2, 0) is 27.8 Å². The Labute approximate surface area is 183 Å². The summed E-state index contributed by atoms with van der Waals surface area (Å²) in [6.07, 6.45) is -2.45. The highest BCUT2D eigenvalue weighted by atomic mass is 32.2. The van der Waals surface area contributed by atoms with Gasteiger partial charge in [-0.2, -0.15) is 13.2 Å². The smallest absolute Gasteiger partial charge is 0.417 e. The highest BCUT2D eigenvalue weighted by molar-refractivity contribution is 7.78. The van der Waals surface area contributed by atoms with Crippen LogP contribution in [0.1, 0.15) is 23.7 Å². The number of carbonyl (C=O) groups excluding carboxylic acids is 1. The molecule has 0 aliphatic carbocycles. The average Bonchev–Trinajstić information content (AvgIpc) is 2.66. The summed E-state index contributed by atoms with van der Waals surface area (Å²) in [5.74, 6) is -0.141. The van der Waals surface area contributed by atoms with Gasteiger partial charge in [0.1, 0.15) is 11.6 Å². The molecule has 0 radical (unpaired) electrons. The van der Waals surface area contributed by atoms with Gasteiger partial charge in [0.2, 0.25) is 5.91 Å². The van der Waals surface area contributed by atoms with E-state index in [9.17, 15) is 26.7 Å². The molecule has 3 rings (SSSR count). The number of anilines is 3. The molecular formula is C20H17F3N5O3S-. The lowest BCUT2D eigenvalue weighted by Crippen LogP contribution is -2.09. The van der Waals surface area contributed by atoms with Gasteiger partial charge < -0.3 is 15.2 Å². The molecule has 1 unspecified atom stereocenters. The number of pyridine rings is 3. The number of halogens is 3. The fourth-order valence-corrected chi connectivity index (χ4v) is 3.26. The molecule has 168 valence electrons. The Kier molecular flexibility index (Phi) is 6.84. The molecule has 0 aromatic carbocycles. The fourth-order valence-electron chi connectivity index (χ4n) is 2.87. The quantitative estimate of drug-likeness (QED) is 0.530. The van der Waals surface area contributed by atoms with Crippen molar-refractivity contribution >= 4 is 34.3 Å². The molecule has 3 aromatic heterocycles. The number of amides is 1. The van der Waals surface area contributed by atoms with Gasteiger partial charge in [-0.05, 0) is 47.8 Å². The monoisotopic (exact) mass is 464 g/mol. The van der Waals surface area contributed by atoms with Gasteiger partial charge in [-0.25, -0.2) is 9.97 Å². The SMILES string of the molecule is CC(=O)Nc1cc(Nc2cc(C)cc(CS(=O)[O-])n2)c(-c2ccc(C(F)(F)F)cn2)cn1. The van der Waals surface area contributed by atoms with Crippen molar-refractivity contribution in [2.24, 2.45) is 0 Å². The van der Waals surface area contributed by atoms with E-state index < -0.39 is 22.8 Å². The first-order chi connectivity index (χ1) is 15.0. The second kappa shape index (κ2) is 9.40. The van der Waals surface area contributed by atoms with Gasteiger partial charge in [-0.3, -0.25) is 14.0 Å². The van der Waals surface area contributed by atoms with Crippen LogP contribution in [0.4, 0.5) is 30.5 Å². The zero-order chi connectivity index (χ0) is 23.5. The maximum Gasteiger partial charge on any atom is 0.417 e. The molecule has 3 aromatic rings. The third-order valence-corrected chi connectivity index (χ3v) is 4.66. The number of hydrogen-bond donors (Lipinski definition) is 2. The Morgan fingerprint density at radius 2 is 1.88 bits per heavy atom. The van der Waals surface area contributed by atoms with Crippen LogP contribution in [-0.4, -0.2) is 29.6 Å². The first-order valence-electron chi connectivity index (χ1n) is 9.13. The Bertz CT molecular complexity index is 1170. The largest absolute Gasteiger partial charge is 0.772 e. The number of aromatic nitrogens is 3. The van der Waals surface area contributed by atoms with Gasteiger partial charge in [0.25, 0.3) is 0 Å². The molecule has 0 fully saturated rings. The van der Waals surface area contributed by atoms with Crippen molar-refractivity contribution in [2.45, 2.75) is 25.8 Å². The first kappa shape index (κ1) is 23.3. The molecule has 2 N–H and O–H groups in total. The lowest BCUT2D eigenvalue weighted by molar-refractivity contribution is -0.137. The number of nitrogens with zero attached hydrogens (tertiary/aromatic N) is 3. The van der Waals surface area contributed by atoms with Gasteiger partial charge in [0.05, 0.1) is 28.4 Å². The van der Waals surface area contributed by atoms with Crippen LogP contribution in [0.2, 0.25) is 0 Å². The van der Waals surface area contributed by atoms with Gasteiger partial charge in [-0.1, -0.05) is 0 Å². The molecule has 0 spiro atoms. The van der Waals surface area contributed by atoms with Crippen LogP contribution in [0.3, 0.4) is 0 Å². The molecule has 8 nitrogen and oxygen atoms in total. The molecule has 0 aliphatic rings. The van der Waals surface area contributed by atoms with Crippen molar-refractivity contribution in [3.8, 4) is 11.3 Å². The molecule has 0 saturated heterocycles. The van der Waals surface area contributed by atoms with E-state index in [0.29, 0.717) is 29.0 Å². The summed E-state index contributed by atoms with van der Waals surface area (Å²) in [5, 5.41) is 5.54. The van der Waals surface area contributed by atoms with E-state index in [1.165, 1.54) is 25.3 Å². The topological polar surface area (TPSA) is 120 Å². The van der Waals surface area contributed by atoms with Gasteiger partial charge in [-0.15, -0.1) is 0 Å². The van der Waals surface area contributed by atoms with Gasteiger partial charge in [0, 0.05) is 30.9 Å². The summed E-state index contributed by atoms with van der Waals surface area (Å²) in [7, 11) is 0. The number of aryl methyl sites for hydroxylation is 1. The molecule has 0 bridgehead atoms. The van der Waals surface area contributed by atoms with Gasteiger partial charge in [0.15, 0.2) is 0 Å². The van der Waals surface area contributed by atoms with Crippen LogP contribution < -0.4 is 10.6 Å². The fraction of sp³-hybridized carbons (Fsp3) is 0.200. The second-order valence-corrected chi connectivity index (χ2v) is 7.72. The van der Waals surface area contributed by atoms with Crippen molar-refractivity contribution in [3.63, 3.8) is 0 Å². The second-order valence-electron chi connectivity index (χ2n) is 6.82. The number of nitrogens with one attached hydrogen (secondary N) is 2. The van der Waals surface area contributed by atoms with Crippen molar-refractivity contribution < 1.29 is 26.7 Å². The molecule has 3 heterocycles. The number of hydrogen-bond acceptors (Lipinski definition) is 7. The zero-order valence-electron chi connectivity index (χ0n) is 16.9. The Morgan fingerprint density at radius 3 is 2.47 bits per heavy atom. The molecule has 1 amide bonds. The molecule has 0 saturated carbocycles. The van der Waals surface area contributed by atoms with Crippen LogP contribution in [0.5, 0.6) is 0 Å². The Balaban J connectivity index is 2.04. The van der Waals surface area contributed by atoms with Crippen LogP contribution in [0, 0.1) is 6.92 Å². The summed E-state index contributed by atoms with van der Waals surface area (Å²) in [5.41, 5.74) is 1.07. The normalized spacial score (nSPS) is 12.3. The van der Waals surface area contributed by atoms with Crippen molar-refractivity contribution in [1.82, 2.24) is 15.0 Å². The standard InChI is InChI=1S/C20H18F3N5O3S/c1-11-5-14(10-32(30)31)27-19(6-11)28-17-7-18(26-12(2)29)25-9-15(17)16-4-3-13(8-24-16)20(21,22)23/h3-9H,10H2,1-2H3,(H,30,31)(H2,25,26,27,28,29)/p-1. The zero-order valence-corrected chi connectivity index (χ0v) is 17.7. The minimum Gasteiger partial charge on any atom is -0.772 e. The predicted molar refractivity (Wildman–Crippen MR) is 112 cm³/mol. The van der Waals surface area contributed by atoms with E-state index in [4.69, 9.17) is 0 Å². The maximum absolute atomic E-state index is 12.9. The summed E-state index contributed by atoms with van der Waals surface area (Å²) in [6, 6.07) is 6.87. The first-order valence-corrected chi connectivity index (χ1v) is 10.4. The Hall–Kier alpha value is -3.38.